The van der Waals surface area contributed by atoms with Gasteiger partial charge in [0, 0.05) is 28.5 Å². The average Bonchev–Trinajstić information content (AvgIpc) is 2.38. The van der Waals surface area contributed by atoms with Gasteiger partial charge in [0.05, 0.1) is 0 Å². The van der Waals surface area contributed by atoms with Crippen LogP contribution in [0.15, 0.2) is 48.5 Å². The first kappa shape index (κ1) is 23.3. The molecule has 0 unspecified atom stereocenters. The van der Waals surface area contributed by atoms with Gasteiger partial charge in [0.25, 0.3) is 0 Å². The van der Waals surface area contributed by atoms with Gasteiger partial charge in [-0.15, -0.1) is 0 Å². The Morgan fingerprint density at radius 3 is 0.913 bits per heavy atom. The van der Waals surface area contributed by atoms with Crippen LogP contribution in [0.3, 0.4) is 0 Å². The summed E-state index contributed by atoms with van der Waals surface area (Å²) in [6.07, 6.45) is 0. The molecule has 2 aromatic carbocycles. The summed E-state index contributed by atoms with van der Waals surface area (Å²) in [5.74, 6) is 0.311. The Kier molecular flexibility index (Phi) is 9.84. The van der Waals surface area contributed by atoms with Crippen molar-refractivity contribution >= 4 is 69.6 Å². The summed E-state index contributed by atoms with van der Waals surface area (Å²) < 4.78 is -2.82. The first-order chi connectivity index (χ1) is 10.00. The molecular weight excluding hydrogens is 465 g/mol. The molecule has 0 saturated heterocycles. The maximum atomic E-state index is 8.89. The minimum Gasteiger partial charge on any atom is -0.508 e. The third-order valence-corrected chi connectivity index (χ3v) is 3.70. The minimum absolute atomic E-state index is 0. The molecule has 0 saturated carbocycles. The second-order valence-corrected chi connectivity index (χ2v) is 8.65. The van der Waals surface area contributed by atoms with Crippen molar-refractivity contribution in [2.24, 2.45) is 0 Å². The number of rotatable bonds is 0. The molecule has 0 radical (unpaired) electrons. The molecule has 0 aliphatic heterocycles. The van der Waals surface area contributed by atoms with E-state index in [2.05, 4.69) is 0 Å². The standard InChI is InChI=1S/2C7H5Cl3O.Cr/c2*8-7(9,10)5-1-3-6(11)4-2-5;/h2*1-4,11H;. The maximum absolute atomic E-state index is 8.89. The van der Waals surface area contributed by atoms with Crippen molar-refractivity contribution in [3.05, 3.63) is 59.7 Å². The second-order valence-electron chi connectivity index (χ2n) is 4.09. The molecule has 2 rings (SSSR count). The Bertz CT molecular complexity index is 535. The van der Waals surface area contributed by atoms with Crippen molar-refractivity contribution in [1.82, 2.24) is 0 Å². The molecule has 2 N–H and O–H groups in total. The van der Waals surface area contributed by atoms with Crippen LogP contribution < -0.4 is 0 Å². The smallest absolute Gasteiger partial charge is 0.216 e. The van der Waals surface area contributed by atoms with Crippen LogP contribution in [0.4, 0.5) is 0 Å². The quantitative estimate of drug-likeness (QED) is 0.432. The fraction of sp³-hybridized carbons (Fsp3) is 0.143. The van der Waals surface area contributed by atoms with E-state index < -0.39 is 7.59 Å². The summed E-state index contributed by atoms with van der Waals surface area (Å²) in [4.78, 5) is 0. The molecule has 0 aromatic heterocycles. The summed E-state index contributed by atoms with van der Waals surface area (Å²) in [7, 11) is 0. The van der Waals surface area contributed by atoms with E-state index in [0.29, 0.717) is 11.1 Å². The fourth-order valence-corrected chi connectivity index (χ4v) is 2.06. The van der Waals surface area contributed by atoms with E-state index in [1.54, 1.807) is 24.3 Å². The summed E-state index contributed by atoms with van der Waals surface area (Å²) in [5.41, 5.74) is 1.08. The molecule has 0 bridgehead atoms. The van der Waals surface area contributed by atoms with Crippen molar-refractivity contribution in [3.63, 3.8) is 0 Å². The number of hydrogen-bond acceptors (Lipinski definition) is 2. The van der Waals surface area contributed by atoms with Crippen LogP contribution in [-0.2, 0) is 24.9 Å². The summed E-state index contributed by atoms with van der Waals surface area (Å²) in [6.45, 7) is 0. The van der Waals surface area contributed by atoms with Gasteiger partial charge in [-0.05, 0) is 24.3 Å². The van der Waals surface area contributed by atoms with E-state index in [1.165, 1.54) is 24.3 Å². The second kappa shape index (κ2) is 9.71. The number of aromatic hydroxyl groups is 2. The summed E-state index contributed by atoms with van der Waals surface area (Å²) >= 11 is 33.4. The zero-order valence-corrected chi connectivity index (χ0v) is 17.0. The summed E-state index contributed by atoms with van der Waals surface area (Å²) in [5, 5.41) is 17.8. The van der Waals surface area contributed by atoms with E-state index >= 15 is 0 Å². The summed E-state index contributed by atoms with van der Waals surface area (Å²) in [6, 6.07) is 12.1. The van der Waals surface area contributed by atoms with Crippen molar-refractivity contribution in [1.29, 1.82) is 0 Å². The molecule has 0 aliphatic carbocycles. The molecule has 0 amide bonds. The van der Waals surface area contributed by atoms with Gasteiger partial charge in [-0.2, -0.15) is 0 Å². The van der Waals surface area contributed by atoms with E-state index in [4.69, 9.17) is 79.8 Å². The minimum atomic E-state index is -1.41. The van der Waals surface area contributed by atoms with Crippen molar-refractivity contribution < 1.29 is 27.6 Å². The molecular formula is C14H10Cl6CrO2. The molecule has 0 fully saturated rings. The van der Waals surface area contributed by atoms with Crippen molar-refractivity contribution in [2.45, 2.75) is 7.59 Å². The molecule has 9 heteroatoms. The number of halogens is 6. The predicted molar refractivity (Wildman–Crippen MR) is 94.7 cm³/mol. The maximum Gasteiger partial charge on any atom is 0.216 e. The molecule has 2 aromatic rings. The van der Waals surface area contributed by atoms with E-state index in [-0.39, 0.29) is 28.9 Å². The van der Waals surface area contributed by atoms with Gasteiger partial charge in [0.15, 0.2) is 0 Å². The molecule has 0 spiro atoms. The Balaban J connectivity index is 0.000000403. The van der Waals surface area contributed by atoms with Crippen molar-refractivity contribution in [3.8, 4) is 11.5 Å². The Morgan fingerprint density at radius 1 is 0.522 bits per heavy atom. The molecule has 23 heavy (non-hydrogen) atoms. The number of hydrogen-bond donors (Lipinski definition) is 2. The Hall–Kier alpha value is 0.312. The fourth-order valence-electron chi connectivity index (χ4n) is 1.30. The number of alkyl halides is 6. The predicted octanol–water partition coefficient (Wildman–Crippen LogP) is 6.44. The van der Waals surface area contributed by atoms with Gasteiger partial charge in [-0.1, -0.05) is 93.9 Å². The van der Waals surface area contributed by atoms with Crippen LogP contribution in [0.25, 0.3) is 0 Å². The molecule has 0 aliphatic rings. The SMILES string of the molecule is Oc1ccc(C(Cl)(Cl)Cl)cc1.Oc1ccc(C(Cl)(Cl)Cl)cc1.[Cr]. The third kappa shape index (κ3) is 8.82. The van der Waals surface area contributed by atoms with Crippen LogP contribution in [0.1, 0.15) is 11.1 Å². The Morgan fingerprint density at radius 2 is 0.739 bits per heavy atom. The number of phenolic OH excluding ortho intramolecular Hbond substituents is 2. The van der Waals surface area contributed by atoms with E-state index in [9.17, 15) is 0 Å². The first-order valence-electron chi connectivity index (χ1n) is 5.72. The molecule has 0 atom stereocenters. The van der Waals surface area contributed by atoms with Crippen molar-refractivity contribution in [2.75, 3.05) is 0 Å². The van der Waals surface area contributed by atoms with Crippen LogP contribution in [0.5, 0.6) is 11.5 Å². The average molecular weight is 475 g/mol. The largest absolute Gasteiger partial charge is 0.508 e. The van der Waals surface area contributed by atoms with Gasteiger partial charge < -0.3 is 10.2 Å². The third-order valence-electron chi connectivity index (χ3n) is 2.39. The zero-order chi connectivity index (χ0) is 17.0. The van der Waals surface area contributed by atoms with Crippen LogP contribution in [0.2, 0.25) is 0 Å². The topological polar surface area (TPSA) is 40.5 Å². The number of phenols is 2. The Labute approximate surface area is 175 Å². The van der Waals surface area contributed by atoms with Gasteiger partial charge in [-0.25, -0.2) is 0 Å². The van der Waals surface area contributed by atoms with E-state index in [1.807, 2.05) is 0 Å². The normalized spacial score (nSPS) is 11.0. The zero-order valence-electron chi connectivity index (χ0n) is 11.2. The van der Waals surface area contributed by atoms with E-state index in [0.717, 1.165) is 0 Å². The monoisotopic (exact) mass is 472 g/mol. The van der Waals surface area contributed by atoms with Crippen LogP contribution in [-0.4, -0.2) is 10.2 Å². The van der Waals surface area contributed by atoms with Gasteiger partial charge in [0.1, 0.15) is 11.5 Å². The molecule has 0 heterocycles. The van der Waals surface area contributed by atoms with Gasteiger partial charge in [0.2, 0.25) is 7.59 Å². The van der Waals surface area contributed by atoms with Gasteiger partial charge >= 0.3 is 0 Å². The first-order valence-corrected chi connectivity index (χ1v) is 7.99. The van der Waals surface area contributed by atoms with Crippen LogP contribution >= 0.6 is 69.6 Å². The molecule has 126 valence electrons. The van der Waals surface area contributed by atoms with Crippen LogP contribution in [0, 0.1) is 0 Å². The van der Waals surface area contributed by atoms with Gasteiger partial charge in [-0.3, -0.25) is 0 Å². The molecule has 2 nitrogen and oxygen atoms in total. The number of benzene rings is 2.